The summed E-state index contributed by atoms with van der Waals surface area (Å²) in [4.78, 5) is 32.4. The van der Waals surface area contributed by atoms with E-state index in [0.29, 0.717) is 11.3 Å². The van der Waals surface area contributed by atoms with Gasteiger partial charge in [0.05, 0.1) is 21.1 Å². The highest BCUT2D eigenvalue weighted by Crippen LogP contribution is 2.32. The fraction of sp³-hybridized carbons (Fsp3) is 0. The van der Waals surface area contributed by atoms with Gasteiger partial charge in [0.1, 0.15) is 11.5 Å². The highest BCUT2D eigenvalue weighted by atomic mass is 35.5. The molecule has 11 heteroatoms. The molecule has 10 nitrogen and oxygen atoms in total. The molecule has 1 aromatic heterocycles. The molecule has 2 aromatic carbocycles. The van der Waals surface area contributed by atoms with Gasteiger partial charge in [-0.25, -0.2) is 5.43 Å². The topological polar surface area (TPSA) is 141 Å². The van der Waals surface area contributed by atoms with Crippen molar-refractivity contribution in [2.24, 2.45) is 5.10 Å². The molecule has 146 valence electrons. The molecular weight excluding hydrogens is 404 g/mol. The zero-order chi connectivity index (χ0) is 21.0. The number of hydrazone groups is 1. The van der Waals surface area contributed by atoms with E-state index in [-0.39, 0.29) is 27.7 Å². The van der Waals surface area contributed by atoms with Gasteiger partial charge in [0.25, 0.3) is 17.3 Å². The van der Waals surface area contributed by atoms with E-state index in [9.17, 15) is 25.0 Å². The minimum atomic E-state index is -0.629. The molecule has 1 heterocycles. The Morgan fingerprint density at radius 2 is 1.76 bits per heavy atom. The number of hydrogen-bond acceptors (Lipinski definition) is 7. The van der Waals surface area contributed by atoms with Gasteiger partial charge in [-0.15, -0.1) is 0 Å². The lowest BCUT2D eigenvalue weighted by molar-refractivity contribution is -0.385. The van der Waals surface area contributed by atoms with Crippen LogP contribution in [0.4, 0.5) is 11.4 Å². The molecule has 0 bridgehead atoms. The molecule has 0 aliphatic heterocycles. The van der Waals surface area contributed by atoms with Crippen LogP contribution in [0, 0.1) is 20.2 Å². The molecule has 0 atom stereocenters. The van der Waals surface area contributed by atoms with Gasteiger partial charge >= 0.3 is 0 Å². The van der Waals surface area contributed by atoms with E-state index in [1.807, 2.05) is 0 Å². The Bertz CT molecular complexity index is 1140. The molecule has 1 N–H and O–H groups in total. The van der Waals surface area contributed by atoms with Crippen molar-refractivity contribution in [1.82, 2.24) is 5.43 Å². The maximum Gasteiger partial charge on any atom is 0.271 e. The molecule has 3 rings (SSSR count). The van der Waals surface area contributed by atoms with E-state index in [1.165, 1.54) is 42.6 Å². The second kappa shape index (κ2) is 8.31. The Labute approximate surface area is 167 Å². The molecule has 0 fully saturated rings. The molecule has 0 aliphatic carbocycles. The smallest absolute Gasteiger partial charge is 0.271 e. The molecular formula is C18H11ClN4O6. The van der Waals surface area contributed by atoms with Crippen LogP contribution in [0.25, 0.3) is 11.3 Å². The number of carbonyl (C=O) groups is 1. The van der Waals surface area contributed by atoms with Gasteiger partial charge in [0.15, 0.2) is 0 Å². The number of amides is 1. The number of rotatable bonds is 6. The highest BCUT2D eigenvalue weighted by Gasteiger charge is 2.14. The van der Waals surface area contributed by atoms with Crippen LogP contribution in [0.5, 0.6) is 0 Å². The molecule has 3 aromatic rings. The summed E-state index contributed by atoms with van der Waals surface area (Å²) in [6.45, 7) is 0. The van der Waals surface area contributed by atoms with Crippen molar-refractivity contribution in [1.29, 1.82) is 0 Å². The number of nitro benzene ring substituents is 2. The third-order valence-electron chi connectivity index (χ3n) is 3.73. The predicted molar refractivity (Wildman–Crippen MR) is 104 cm³/mol. The molecule has 0 spiro atoms. The molecule has 0 saturated heterocycles. The van der Waals surface area contributed by atoms with E-state index in [2.05, 4.69) is 10.5 Å². The van der Waals surface area contributed by atoms with Gasteiger partial charge in [-0.1, -0.05) is 17.7 Å². The van der Waals surface area contributed by atoms with Crippen LogP contribution in [0.2, 0.25) is 5.02 Å². The van der Waals surface area contributed by atoms with Crippen molar-refractivity contribution in [3.63, 3.8) is 0 Å². The van der Waals surface area contributed by atoms with E-state index < -0.39 is 15.8 Å². The third-order valence-corrected chi connectivity index (χ3v) is 4.05. The quantitative estimate of drug-likeness (QED) is 0.364. The Morgan fingerprint density at radius 3 is 2.45 bits per heavy atom. The first-order chi connectivity index (χ1) is 13.8. The average molecular weight is 415 g/mol. The fourth-order valence-corrected chi connectivity index (χ4v) is 2.63. The summed E-state index contributed by atoms with van der Waals surface area (Å²) in [5.74, 6) is 0.0141. The first-order valence-electron chi connectivity index (χ1n) is 7.97. The van der Waals surface area contributed by atoms with Crippen LogP contribution >= 0.6 is 11.6 Å². The van der Waals surface area contributed by atoms with Crippen molar-refractivity contribution < 1.29 is 19.1 Å². The van der Waals surface area contributed by atoms with Gasteiger partial charge in [-0.05, 0) is 24.3 Å². The first-order valence-corrected chi connectivity index (χ1v) is 8.35. The number of nitrogens with zero attached hydrogens (tertiary/aromatic N) is 3. The van der Waals surface area contributed by atoms with Gasteiger partial charge in [0.2, 0.25) is 0 Å². The number of benzene rings is 2. The van der Waals surface area contributed by atoms with Gasteiger partial charge < -0.3 is 4.42 Å². The van der Waals surface area contributed by atoms with E-state index >= 15 is 0 Å². The largest absolute Gasteiger partial charge is 0.455 e. The van der Waals surface area contributed by atoms with Crippen molar-refractivity contribution in [3.05, 3.63) is 91.2 Å². The first kappa shape index (κ1) is 19.7. The van der Waals surface area contributed by atoms with Crippen LogP contribution in [0.15, 0.2) is 64.1 Å². The summed E-state index contributed by atoms with van der Waals surface area (Å²) >= 11 is 6.06. The lowest BCUT2D eigenvalue weighted by atomic mass is 10.1. The van der Waals surface area contributed by atoms with Gasteiger partial charge in [-0.2, -0.15) is 5.10 Å². The minimum absolute atomic E-state index is 0.0779. The molecule has 0 radical (unpaired) electrons. The van der Waals surface area contributed by atoms with Crippen LogP contribution in [0.3, 0.4) is 0 Å². The van der Waals surface area contributed by atoms with Crippen LogP contribution < -0.4 is 5.43 Å². The second-order valence-corrected chi connectivity index (χ2v) is 6.04. The molecule has 0 unspecified atom stereocenters. The maximum absolute atomic E-state index is 12.0. The number of furan rings is 1. The van der Waals surface area contributed by atoms with Crippen molar-refractivity contribution in [2.45, 2.75) is 0 Å². The van der Waals surface area contributed by atoms with E-state index in [4.69, 9.17) is 16.0 Å². The molecule has 0 saturated carbocycles. The van der Waals surface area contributed by atoms with Crippen LogP contribution in [-0.4, -0.2) is 22.0 Å². The predicted octanol–water partition coefficient (Wildman–Crippen LogP) is 4.18. The summed E-state index contributed by atoms with van der Waals surface area (Å²) in [5.41, 5.74) is 2.42. The number of non-ortho nitro benzene ring substituents is 2. The maximum atomic E-state index is 12.0. The standard InChI is InChI=1S/C18H11ClN4O6/c19-16-9-13(23(27)28)4-6-15(16)17-7-5-14(29-17)10-20-21-18(24)11-2-1-3-12(8-11)22(25)26/h1-10H,(H,21,24)/b20-10-. The third kappa shape index (κ3) is 4.62. The summed E-state index contributed by atoms with van der Waals surface area (Å²) in [6, 6.07) is 12.4. The monoisotopic (exact) mass is 414 g/mol. The second-order valence-electron chi connectivity index (χ2n) is 5.63. The number of halogens is 1. The minimum Gasteiger partial charge on any atom is -0.455 e. The number of nitro groups is 2. The van der Waals surface area contributed by atoms with E-state index in [1.54, 1.807) is 12.1 Å². The average Bonchev–Trinajstić information content (AvgIpc) is 3.16. The summed E-state index contributed by atoms with van der Waals surface area (Å²) in [5, 5.41) is 25.4. The summed E-state index contributed by atoms with van der Waals surface area (Å²) < 4.78 is 5.54. The summed E-state index contributed by atoms with van der Waals surface area (Å²) in [6.07, 6.45) is 1.23. The molecule has 0 aliphatic rings. The van der Waals surface area contributed by atoms with Crippen molar-refractivity contribution >= 4 is 35.1 Å². The Hall–Kier alpha value is -4.05. The Morgan fingerprint density at radius 1 is 1.03 bits per heavy atom. The van der Waals surface area contributed by atoms with Gasteiger partial charge in [-0.3, -0.25) is 25.0 Å². The fourth-order valence-electron chi connectivity index (χ4n) is 2.36. The number of nitrogens with one attached hydrogen (secondary N) is 1. The lowest BCUT2D eigenvalue weighted by Gasteiger charge is -2.00. The normalized spacial score (nSPS) is 10.8. The molecule has 29 heavy (non-hydrogen) atoms. The summed E-state index contributed by atoms with van der Waals surface area (Å²) in [7, 11) is 0. The van der Waals surface area contributed by atoms with Crippen molar-refractivity contribution in [3.8, 4) is 11.3 Å². The number of carbonyl (C=O) groups excluding carboxylic acids is 1. The lowest BCUT2D eigenvalue weighted by Crippen LogP contribution is -2.17. The Balaban J connectivity index is 1.69. The van der Waals surface area contributed by atoms with E-state index in [0.717, 1.165) is 6.07 Å². The van der Waals surface area contributed by atoms with Crippen LogP contribution in [0.1, 0.15) is 16.1 Å². The molecule has 1 amide bonds. The number of hydrogen-bond donors (Lipinski definition) is 1. The Kier molecular flexibility index (Phi) is 5.65. The SMILES string of the molecule is O=C(N/N=C\c1ccc(-c2ccc([N+](=O)[O-])cc2Cl)o1)c1cccc([N+](=O)[O-])c1. The zero-order valence-corrected chi connectivity index (χ0v) is 15.2. The van der Waals surface area contributed by atoms with Crippen LogP contribution in [-0.2, 0) is 0 Å². The zero-order valence-electron chi connectivity index (χ0n) is 14.4. The highest BCUT2D eigenvalue weighted by molar-refractivity contribution is 6.33. The van der Waals surface area contributed by atoms with Crippen molar-refractivity contribution in [2.75, 3.05) is 0 Å². The van der Waals surface area contributed by atoms with Gasteiger partial charge in [0, 0.05) is 35.4 Å².